The van der Waals surface area contributed by atoms with Crippen molar-refractivity contribution in [2.45, 2.75) is 45.8 Å². The van der Waals surface area contributed by atoms with E-state index in [4.69, 9.17) is 4.74 Å². The van der Waals surface area contributed by atoms with E-state index in [2.05, 4.69) is 0 Å². The Morgan fingerprint density at radius 3 is 2.50 bits per heavy atom. The highest BCUT2D eigenvalue weighted by molar-refractivity contribution is 5.69. The summed E-state index contributed by atoms with van der Waals surface area (Å²) in [6, 6.07) is 3.21. The van der Waals surface area contributed by atoms with Gasteiger partial charge in [-0.1, -0.05) is 0 Å². The number of hydrogen-bond acceptors (Lipinski definition) is 5. The second kappa shape index (κ2) is 7.43. The molecule has 0 saturated carbocycles. The van der Waals surface area contributed by atoms with Crippen LogP contribution in [0.1, 0.15) is 39.7 Å². The number of amides is 1. The van der Waals surface area contributed by atoms with Gasteiger partial charge in [0.05, 0.1) is 4.92 Å². The molecule has 0 bridgehead atoms. The van der Waals surface area contributed by atoms with Crippen LogP contribution in [0.3, 0.4) is 0 Å². The summed E-state index contributed by atoms with van der Waals surface area (Å²) in [5, 5.41) is 10.8. The minimum absolute atomic E-state index is 0.251. The van der Waals surface area contributed by atoms with Crippen LogP contribution in [0.2, 0.25) is 0 Å². The Bertz CT molecular complexity index is 691. The Balaban J connectivity index is 2.18. The first-order chi connectivity index (χ1) is 12.0. The van der Waals surface area contributed by atoms with Gasteiger partial charge in [-0.2, -0.15) is 0 Å². The van der Waals surface area contributed by atoms with Gasteiger partial charge in [0.2, 0.25) is 0 Å². The lowest BCUT2D eigenvalue weighted by Gasteiger charge is -2.41. The minimum atomic E-state index is -2.83. The normalized spacial score (nSPS) is 18.2. The van der Waals surface area contributed by atoms with Crippen molar-refractivity contribution in [3.63, 3.8) is 0 Å². The number of benzene rings is 1. The van der Waals surface area contributed by atoms with Crippen molar-refractivity contribution in [2.24, 2.45) is 0 Å². The fourth-order valence-electron chi connectivity index (χ4n) is 2.89. The molecule has 1 heterocycles. The average molecular weight is 371 g/mol. The number of halogens is 2. The van der Waals surface area contributed by atoms with Gasteiger partial charge in [0.15, 0.2) is 0 Å². The van der Waals surface area contributed by atoms with Gasteiger partial charge < -0.3 is 14.5 Å². The third kappa shape index (κ3) is 4.59. The molecule has 0 aromatic heterocycles. The molecular formula is C17H23F2N3O4. The van der Waals surface area contributed by atoms with Crippen LogP contribution in [-0.4, -0.2) is 47.2 Å². The monoisotopic (exact) mass is 371 g/mol. The van der Waals surface area contributed by atoms with Crippen molar-refractivity contribution < 1.29 is 23.2 Å². The summed E-state index contributed by atoms with van der Waals surface area (Å²) in [5.74, 6) is 0. The maximum absolute atomic E-state index is 13.4. The minimum Gasteiger partial charge on any atom is -0.444 e. The highest BCUT2D eigenvalue weighted by Gasteiger charge is 2.32. The van der Waals surface area contributed by atoms with Gasteiger partial charge in [-0.05, 0) is 33.8 Å². The molecule has 2 rings (SSSR count). The smallest absolute Gasteiger partial charge is 0.410 e. The van der Waals surface area contributed by atoms with Crippen LogP contribution in [0.5, 0.6) is 0 Å². The number of hydrogen-bond donors (Lipinski definition) is 0. The van der Waals surface area contributed by atoms with E-state index < -0.39 is 23.0 Å². The second-order valence-electron chi connectivity index (χ2n) is 7.27. The number of non-ortho nitro benzene ring substituents is 1. The predicted octanol–water partition coefficient (Wildman–Crippen LogP) is 3.98. The largest absolute Gasteiger partial charge is 0.444 e. The van der Waals surface area contributed by atoms with Gasteiger partial charge in [0, 0.05) is 49.1 Å². The Kier molecular flexibility index (Phi) is 5.68. The fraction of sp³-hybridized carbons (Fsp3) is 0.588. The maximum Gasteiger partial charge on any atom is 0.410 e. The standard InChI is InChI=1S/C17H23F2N3O4/c1-11-10-20(7-8-21(11)16(23)26-17(2,3)4)14-6-5-12(22(24)25)9-13(14)15(18)19/h5-6,9,11,15H,7-8,10H2,1-4H3. The molecule has 1 atom stereocenters. The number of ether oxygens (including phenoxy) is 1. The summed E-state index contributed by atoms with van der Waals surface area (Å²) in [7, 11) is 0. The highest BCUT2D eigenvalue weighted by Crippen LogP contribution is 2.34. The lowest BCUT2D eigenvalue weighted by atomic mass is 10.1. The van der Waals surface area contributed by atoms with E-state index in [1.165, 1.54) is 12.1 Å². The molecule has 1 saturated heterocycles. The van der Waals surface area contributed by atoms with Gasteiger partial charge in [0.1, 0.15) is 5.60 Å². The fourth-order valence-corrected chi connectivity index (χ4v) is 2.89. The molecule has 9 heteroatoms. The lowest BCUT2D eigenvalue weighted by Crippen LogP contribution is -2.55. The van der Waals surface area contributed by atoms with Crippen molar-refractivity contribution in [1.29, 1.82) is 0 Å². The zero-order chi connectivity index (χ0) is 19.6. The number of nitro benzene ring substituents is 1. The molecule has 0 N–H and O–H groups in total. The van der Waals surface area contributed by atoms with Crippen LogP contribution in [-0.2, 0) is 4.74 Å². The van der Waals surface area contributed by atoms with Crippen molar-refractivity contribution in [3.8, 4) is 0 Å². The molecule has 1 aliphatic rings. The lowest BCUT2D eigenvalue weighted by molar-refractivity contribution is -0.385. The Hall–Kier alpha value is -2.45. The number of rotatable bonds is 3. The van der Waals surface area contributed by atoms with Crippen molar-refractivity contribution in [1.82, 2.24) is 4.90 Å². The summed E-state index contributed by atoms with van der Waals surface area (Å²) in [5.41, 5.74) is -1.11. The van der Waals surface area contributed by atoms with Gasteiger partial charge in [-0.15, -0.1) is 0 Å². The number of piperazine rings is 1. The molecule has 144 valence electrons. The van der Waals surface area contributed by atoms with Gasteiger partial charge in [-0.25, -0.2) is 13.6 Å². The molecule has 1 unspecified atom stereocenters. The van der Waals surface area contributed by atoms with Crippen LogP contribution in [0.4, 0.5) is 25.0 Å². The molecule has 1 aromatic rings. The molecule has 1 aliphatic heterocycles. The molecule has 7 nitrogen and oxygen atoms in total. The summed E-state index contributed by atoms with van der Waals surface area (Å²) >= 11 is 0. The van der Waals surface area contributed by atoms with E-state index in [1.807, 2.05) is 6.92 Å². The predicted molar refractivity (Wildman–Crippen MR) is 92.7 cm³/mol. The third-order valence-electron chi connectivity index (χ3n) is 4.05. The molecule has 1 amide bonds. The van der Waals surface area contributed by atoms with E-state index in [9.17, 15) is 23.7 Å². The Labute approximate surface area is 150 Å². The SMILES string of the molecule is CC1CN(c2ccc([N+](=O)[O-])cc2C(F)F)CCN1C(=O)OC(C)(C)C. The van der Waals surface area contributed by atoms with Gasteiger partial charge in [0.25, 0.3) is 12.1 Å². The van der Waals surface area contributed by atoms with Crippen molar-refractivity contribution >= 4 is 17.5 Å². The number of nitro groups is 1. The molecule has 0 radical (unpaired) electrons. The third-order valence-corrected chi connectivity index (χ3v) is 4.05. The highest BCUT2D eigenvalue weighted by atomic mass is 19.3. The number of alkyl halides is 2. The van der Waals surface area contributed by atoms with Crippen LogP contribution >= 0.6 is 0 Å². The van der Waals surface area contributed by atoms with Crippen molar-refractivity contribution in [2.75, 3.05) is 24.5 Å². The summed E-state index contributed by atoms with van der Waals surface area (Å²) in [6.45, 7) is 8.12. The summed E-state index contributed by atoms with van der Waals surface area (Å²) in [4.78, 5) is 25.7. The van der Waals surface area contributed by atoms with Crippen LogP contribution in [0.25, 0.3) is 0 Å². The van der Waals surface area contributed by atoms with E-state index in [-0.39, 0.29) is 23.0 Å². The van der Waals surface area contributed by atoms with E-state index in [0.717, 1.165) is 6.07 Å². The van der Waals surface area contributed by atoms with E-state index in [1.54, 1.807) is 30.6 Å². The van der Waals surface area contributed by atoms with Gasteiger partial charge >= 0.3 is 6.09 Å². The molecule has 0 aliphatic carbocycles. The number of carbonyl (C=O) groups is 1. The molecule has 26 heavy (non-hydrogen) atoms. The quantitative estimate of drug-likeness (QED) is 0.593. The Morgan fingerprint density at radius 1 is 1.35 bits per heavy atom. The Morgan fingerprint density at radius 2 is 2.00 bits per heavy atom. The molecule has 0 spiro atoms. The van der Waals surface area contributed by atoms with Gasteiger partial charge in [-0.3, -0.25) is 10.1 Å². The zero-order valence-corrected chi connectivity index (χ0v) is 15.2. The molecule has 1 aromatic carbocycles. The van der Waals surface area contributed by atoms with Crippen LogP contribution < -0.4 is 4.90 Å². The number of carbonyl (C=O) groups excluding carboxylic acids is 1. The molecule has 1 fully saturated rings. The number of anilines is 1. The average Bonchev–Trinajstić information content (AvgIpc) is 2.52. The van der Waals surface area contributed by atoms with Crippen molar-refractivity contribution in [3.05, 3.63) is 33.9 Å². The zero-order valence-electron chi connectivity index (χ0n) is 15.2. The number of nitrogens with zero attached hydrogens (tertiary/aromatic N) is 3. The van der Waals surface area contributed by atoms with Crippen LogP contribution in [0.15, 0.2) is 18.2 Å². The summed E-state index contributed by atoms with van der Waals surface area (Å²) in [6.07, 6.45) is -3.27. The van der Waals surface area contributed by atoms with E-state index in [0.29, 0.717) is 19.6 Å². The second-order valence-corrected chi connectivity index (χ2v) is 7.27. The molecular weight excluding hydrogens is 348 g/mol. The summed E-state index contributed by atoms with van der Waals surface area (Å²) < 4.78 is 32.1. The van der Waals surface area contributed by atoms with E-state index >= 15 is 0 Å². The first-order valence-corrected chi connectivity index (χ1v) is 8.30. The first-order valence-electron chi connectivity index (χ1n) is 8.30. The first kappa shape index (κ1) is 19.9. The van der Waals surface area contributed by atoms with Crippen LogP contribution in [0, 0.1) is 10.1 Å². The topological polar surface area (TPSA) is 75.9 Å². The maximum atomic E-state index is 13.4.